The van der Waals surface area contributed by atoms with Crippen molar-refractivity contribution in [1.29, 1.82) is 0 Å². The van der Waals surface area contributed by atoms with Gasteiger partial charge in [-0.2, -0.15) is 15.1 Å². The van der Waals surface area contributed by atoms with Crippen LogP contribution in [-0.2, 0) is 25.0 Å². The number of imidazole rings is 1. The van der Waals surface area contributed by atoms with Gasteiger partial charge in [0.25, 0.3) is 0 Å². The molecule has 2 aromatic heterocycles. The number of rotatable bonds is 34. The highest BCUT2D eigenvalue weighted by Crippen LogP contribution is 2.46. The second-order valence-electron chi connectivity index (χ2n) is 18.1. The number of anilines is 2. The van der Waals surface area contributed by atoms with Gasteiger partial charge in [-0.25, -0.2) is 9.55 Å². The molecule has 0 saturated heterocycles. The highest BCUT2D eigenvalue weighted by molar-refractivity contribution is 7.52. The molecule has 12 nitrogen and oxygen atoms in total. The largest absolute Gasteiger partial charge is 0.465 e. The van der Waals surface area contributed by atoms with Crippen LogP contribution in [0.2, 0.25) is 0 Å². The molecule has 0 radical (unpaired) electrons. The molecule has 1 saturated carbocycles. The van der Waals surface area contributed by atoms with Gasteiger partial charge in [0.1, 0.15) is 11.8 Å². The van der Waals surface area contributed by atoms with Crippen molar-refractivity contribution in [3.05, 3.63) is 84.7 Å². The van der Waals surface area contributed by atoms with E-state index in [0.29, 0.717) is 41.8 Å². The molecule has 64 heavy (non-hydrogen) atoms. The lowest BCUT2D eigenvalue weighted by Gasteiger charge is -2.26. The number of para-hydroxylation sites is 1. The number of hydrogen-bond acceptors (Lipinski definition) is 10. The third-order valence-electron chi connectivity index (χ3n) is 12.4. The minimum absolute atomic E-state index is 0.0706. The monoisotopic (exact) mass is 898 g/mol. The molecule has 13 heteroatoms. The van der Waals surface area contributed by atoms with E-state index >= 15 is 0 Å². The van der Waals surface area contributed by atoms with Gasteiger partial charge in [0.2, 0.25) is 5.95 Å². The molecule has 3 unspecified atom stereocenters. The van der Waals surface area contributed by atoms with Crippen molar-refractivity contribution in [2.24, 2.45) is 5.92 Å². The number of esters is 1. The van der Waals surface area contributed by atoms with Gasteiger partial charge in [-0.15, -0.1) is 0 Å². The molecule has 0 spiro atoms. The first-order valence-corrected chi connectivity index (χ1v) is 26.4. The molecular weight excluding hydrogens is 822 g/mol. The summed E-state index contributed by atoms with van der Waals surface area (Å²) in [4.78, 5) is 27.3. The zero-order valence-corrected chi connectivity index (χ0v) is 39.4. The second kappa shape index (κ2) is 27.3. The summed E-state index contributed by atoms with van der Waals surface area (Å²) in [7, 11) is -4.11. The molecule has 2 aromatic carbocycles. The van der Waals surface area contributed by atoms with Crippen molar-refractivity contribution in [2.75, 3.05) is 24.3 Å². The first kappa shape index (κ1) is 49.2. The number of ether oxygens (including phenoxy) is 1. The summed E-state index contributed by atoms with van der Waals surface area (Å²) in [6.07, 6.45) is 35.2. The summed E-state index contributed by atoms with van der Waals surface area (Å²) >= 11 is 0. The summed E-state index contributed by atoms with van der Waals surface area (Å²) in [5, 5.41) is 6.44. The molecule has 0 bridgehead atoms. The normalized spacial score (nSPS) is 17.4. The van der Waals surface area contributed by atoms with Crippen LogP contribution in [0, 0.1) is 5.92 Å². The predicted octanol–water partition coefficient (Wildman–Crippen LogP) is 12.9. The van der Waals surface area contributed by atoms with E-state index in [0.717, 1.165) is 37.7 Å². The number of fused-ring (bicyclic) bond motifs is 1. The number of allylic oxidation sites excluding steroid dienone is 1. The maximum Gasteiger partial charge on any atom is 0.459 e. The number of nitrogens with one attached hydrogen (secondary N) is 2. The van der Waals surface area contributed by atoms with Gasteiger partial charge in [0.15, 0.2) is 17.0 Å². The molecule has 0 aliphatic heterocycles. The molecule has 2 aliphatic rings. The van der Waals surface area contributed by atoms with Gasteiger partial charge < -0.3 is 24.9 Å². The summed E-state index contributed by atoms with van der Waals surface area (Å²) < 4.78 is 34.9. The third kappa shape index (κ3) is 17.3. The average Bonchev–Trinajstić information content (AvgIpc) is 3.81. The van der Waals surface area contributed by atoms with E-state index in [-0.39, 0.29) is 30.9 Å². The van der Waals surface area contributed by atoms with Crippen molar-refractivity contribution in [3.63, 3.8) is 0 Å². The van der Waals surface area contributed by atoms with Crippen LogP contribution in [0.15, 0.2) is 79.1 Å². The number of nitrogens with two attached hydrogens (primary N) is 1. The average molecular weight is 898 g/mol. The Kier molecular flexibility index (Phi) is 21.0. The van der Waals surface area contributed by atoms with Crippen LogP contribution >= 0.6 is 7.75 Å². The molecule has 1 fully saturated rings. The first-order valence-electron chi connectivity index (χ1n) is 24.8. The van der Waals surface area contributed by atoms with Crippen molar-refractivity contribution in [3.8, 4) is 5.75 Å². The van der Waals surface area contributed by atoms with Crippen LogP contribution in [0.1, 0.15) is 166 Å². The summed E-state index contributed by atoms with van der Waals surface area (Å²) in [6.45, 7) is 2.68. The number of nitrogen functional groups attached to an aromatic ring is 1. The number of nitrogens with zero attached hydrogens (tertiary/aromatic N) is 4. The van der Waals surface area contributed by atoms with Gasteiger partial charge in [-0.3, -0.25) is 9.32 Å². The maximum absolute atomic E-state index is 14.7. The molecule has 4 atom stereocenters. The van der Waals surface area contributed by atoms with Crippen LogP contribution < -0.4 is 20.7 Å². The fourth-order valence-corrected chi connectivity index (χ4v) is 10.1. The van der Waals surface area contributed by atoms with Crippen molar-refractivity contribution in [1.82, 2.24) is 24.6 Å². The Balaban J connectivity index is 0.923. The minimum Gasteiger partial charge on any atom is -0.465 e. The summed E-state index contributed by atoms with van der Waals surface area (Å²) in [5.41, 5.74) is 8.35. The fraction of sp³-hybridized carbons (Fsp3) is 0.608. The van der Waals surface area contributed by atoms with Crippen molar-refractivity contribution < 1.29 is 23.1 Å². The smallest absolute Gasteiger partial charge is 0.459 e. The molecule has 6 rings (SSSR count). The van der Waals surface area contributed by atoms with E-state index < -0.39 is 19.8 Å². The zero-order chi connectivity index (χ0) is 44.7. The van der Waals surface area contributed by atoms with Gasteiger partial charge in [0.05, 0.1) is 25.6 Å². The second-order valence-corrected chi connectivity index (χ2v) is 19.8. The minimum atomic E-state index is -4.11. The summed E-state index contributed by atoms with van der Waals surface area (Å²) in [6, 6.07) is 17.9. The Morgan fingerprint density at radius 3 is 1.95 bits per heavy atom. The number of hydrogen-bond donors (Lipinski definition) is 3. The highest BCUT2D eigenvalue weighted by atomic mass is 31.2. The number of aromatic nitrogens is 4. The molecular formula is C51H76N7O5P. The molecule has 2 aliphatic carbocycles. The first-order chi connectivity index (χ1) is 31.4. The van der Waals surface area contributed by atoms with E-state index in [1.165, 1.54) is 109 Å². The van der Waals surface area contributed by atoms with E-state index in [2.05, 4.69) is 38.4 Å². The maximum atomic E-state index is 14.7. The molecule has 0 amide bonds. The molecule has 2 heterocycles. The van der Waals surface area contributed by atoms with E-state index in [4.69, 9.17) is 19.5 Å². The Bertz CT molecular complexity index is 2010. The quantitative estimate of drug-likeness (QED) is 0.0177. The lowest BCUT2D eigenvalue weighted by molar-refractivity contribution is -0.145. The van der Waals surface area contributed by atoms with Gasteiger partial charge >= 0.3 is 13.7 Å². The van der Waals surface area contributed by atoms with Crippen LogP contribution in [0.3, 0.4) is 0 Å². The Labute approximate surface area is 382 Å². The van der Waals surface area contributed by atoms with Crippen molar-refractivity contribution >= 4 is 36.6 Å². The Morgan fingerprint density at radius 2 is 1.36 bits per heavy atom. The number of unbranched alkanes of at least 4 members (excludes halogenated alkanes) is 19. The van der Waals surface area contributed by atoms with Crippen LogP contribution in [0.25, 0.3) is 11.2 Å². The lowest BCUT2D eigenvalue weighted by atomic mass is 10.0. The van der Waals surface area contributed by atoms with E-state index in [1.807, 2.05) is 47.0 Å². The molecule has 4 N–H and O–H groups in total. The standard InChI is InChI=1S/C51H76N7O5P/c1-2-3-4-5-6-7-8-9-10-11-12-13-14-15-16-17-18-19-20-27-36-61-50(59)46(38-41-28-23-21-24-29-41)57-64(60,63-45-30-25-22-26-31-45)62-39-42-32-35-44(37-42)58-40-53-47-48(54-43-33-34-43)55-51(52)56-49(47)58/h21-26,28-32,35,40,42-44,46H,2-20,27,33-34,36-39H2,1H3,(H,57,60)(H3,52,54,55,56)/t42?,44?,46-,64?/m1/s1. The van der Waals surface area contributed by atoms with Crippen LogP contribution in [-0.4, -0.2) is 50.8 Å². The fourth-order valence-electron chi connectivity index (χ4n) is 8.54. The van der Waals surface area contributed by atoms with Crippen molar-refractivity contribution in [2.45, 2.75) is 179 Å². The number of benzene rings is 2. The third-order valence-corrected chi connectivity index (χ3v) is 14.0. The Hall–Kier alpha value is -4.25. The number of carbonyl (C=O) groups excluding carboxylic acids is 1. The van der Waals surface area contributed by atoms with E-state index in [1.54, 1.807) is 30.6 Å². The number of carbonyl (C=O) groups is 1. The zero-order valence-electron chi connectivity index (χ0n) is 38.6. The predicted molar refractivity (Wildman–Crippen MR) is 259 cm³/mol. The molecule has 350 valence electrons. The van der Waals surface area contributed by atoms with Crippen LogP contribution in [0.5, 0.6) is 5.75 Å². The Morgan fingerprint density at radius 1 is 0.781 bits per heavy atom. The SMILES string of the molecule is CCCCCCCCCCCCCCCCCCCCCCOC(=O)[C@@H](Cc1ccccc1)NP(=O)(OCC1C=CC(n2cnc3c(NC4CC4)nc(N)nc32)C1)Oc1ccccc1. The summed E-state index contributed by atoms with van der Waals surface area (Å²) in [5.74, 6) is 0.631. The van der Waals surface area contributed by atoms with Gasteiger partial charge in [-0.05, 0) is 49.8 Å². The van der Waals surface area contributed by atoms with Gasteiger partial charge in [-0.1, -0.05) is 190 Å². The van der Waals surface area contributed by atoms with Crippen LogP contribution in [0.4, 0.5) is 11.8 Å². The lowest BCUT2D eigenvalue weighted by Crippen LogP contribution is -2.39. The highest BCUT2D eigenvalue weighted by Gasteiger charge is 2.36. The van der Waals surface area contributed by atoms with Gasteiger partial charge in [0, 0.05) is 12.0 Å². The topological polar surface area (TPSA) is 156 Å². The molecule has 4 aromatic rings. The van der Waals surface area contributed by atoms with E-state index in [9.17, 15) is 9.36 Å².